The molecule has 4 rings (SSSR count). The molecule has 2 heteroatoms. The highest BCUT2D eigenvalue weighted by atomic mass is 19.1. The van der Waals surface area contributed by atoms with E-state index in [1.807, 2.05) is 13.0 Å². The molecule has 1 saturated carbocycles. The molecule has 0 bridgehead atoms. The van der Waals surface area contributed by atoms with E-state index in [4.69, 9.17) is 4.74 Å². The zero-order chi connectivity index (χ0) is 21.6. The van der Waals surface area contributed by atoms with Crippen LogP contribution >= 0.6 is 0 Å². The number of benzene rings is 2. The van der Waals surface area contributed by atoms with Gasteiger partial charge >= 0.3 is 0 Å². The Morgan fingerprint density at radius 1 is 0.968 bits per heavy atom. The molecule has 1 atom stereocenters. The fourth-order valence-electron chi connectivity index (χ4n) is 5.53. The Labute approximate surface area is 187 Å². The molecule has 166 valence electrons. The summed E-state index contributed by atoms with van der Waals surface area (Å²) in [5.74, 6) is 2.66. The highest BCUT2D eigenvalue weighted by Crippen LogP contribution is 2.39. The fourth-order valence-corrected chi connectivity index (χ4v) is 5.53. The van der Waals surface area contributed by atoms with Crippen LogP contribution in [-0.4, -0.2) is 6.61 Å². The van der Waals surface area contributed by atoms with Gasteiger partial charge in [0.1, 0.15) is 11.6 Å². The van der Waals surface area contributed by atoms with Crippen molar-refractivity contribution >= 4 is 0 Å². The van der Waals surface area contributed by atoms with Crippen LogP contribution in [0.4, 0.5) is 4.39 Å². The average Bonchev–Trinajstić information content (AvgIpc) is 2.81. The smallest absolute Gasteiger partial charge is 0.126 e. The van der Waals surface area contributed by atoms with Crippen LogP contribution in [0.15, 0.2) is 48.6 Å². The predicted octanol–water partition coefficient (Wildman–Crippen LogP) is 8.13. The van der Waals surface area contributed by atoms with E-state index in [0.29, 0.717) is 12.5 Å². The molecule has 0 saturated heterocycles. The lowest BCUT2D eigenvalue weighted by atomic mass is 9.76. The van der Waals surface area contributed by atoms with Crippen LogP contribution in [0.3, 0.4) is 0 Å². The van der Waals surface area contributed by atoms with Gasteiger partial charge < -0.3 is 4.74 Å². The summed E-state index contributed by atoms with van der Waals surface area (Å²) >= 11 is 0. The Hall–Kier alpha value is -2.09. The molecular weight excluding hydrogens is 383 g/mol. The first kappa shape index (κ1) is 22.1. The van der Waals surface area contributed by atoms with E-state index in [1.54, 1.807) is 0 Å². The molecule has 31 heavy (non-hydrogen) atoms. The van der Waals surface area contributed by atoms with Gasteiger partial charge in [0, 0.05) is 0 Å². The highest BCUT2D eigenvalue weighted by Gasteiger charge is 2.25. The first-order valence-electron chi connectivity index (χ1n) is 12.3. The van der Waals surface area contributed by atoms with Crippen LogP contribution in [0.5, 0.6) is 5.75 Å². The van der Waals surface area contributed by atoms with E-state index in [2.05, 4.69) is 49.4 Å². The lowest BCUT2D eigenvalue weighted by Gasteiger charge is -2.29. The number of aryl methyl sites for hydroxylation is 1. The Morgan fingerprint density at radius 3 is 2.55 bits per heavy atom. The first-order chi connectivity index (χ1) is 15.2. The van der Waals surface area contributed by atoms with Gasteiger partial charge in [0.15, 0.2) is 0 Å². The third kappa shape index (κ3) is 5.40. The molecule has 0 radical (unpaired) electrons. The van der Waals surface area contributed by atoms with Crippen LogP contribution < -0.4 is 4.74 Å². The Bertz CT molecular complexity index is 892. The van der Waals surface area contributed by atoms with Gasteiger partial charge in [0.2, 0.25) is 0 Å². The van der Waals surface area contributed by atoms with Crippen LogP contribution in [-0.2, 0) is 12.8 Å². The van der Waals surface area contributed by atoms with Gasteiger partial charge in [0.05, 0.1) is 6.61 Å². The molecule has 0 N–H and O–H groups in total. The van der Waals surface area contributed by atoms with Crippen molar-refractivity contribution in [3.05, 3.63) is 76.6 Å². The quantitative estimate of drug-likeness (QED) is 0.324. The molecule has 1 unspecified atom stereocenters. The summed E-state index contributed by atoms with van der Waals surface area (Å²) in [6.07, 6.45) is 14.3. The van der Waals surface area contributed by atoms with Gasteiger partial charge in [0.25, 0.3) is 0 Å². The summed E-state index contributed by atoms with van der Waals surface area (Å²) in [6, 6.07) is 12.6. The summed E-state index contributed by atoms with van der Waals surface area (Å²) in [5, 5.41) is 0. The summed E-state index contributed by atoms with van der Waals surface area (Å²) in [5.41, 5.74) is 4.83. The van der Waals surface area contributed by atoms with Crippen LogP contribution in [0.25, 0.3) is 0 Å². The summed E-state index contributed by atoms with van der Waals surface area (Å²) in [4.78, 5) is 0. The molecule has 0 aromatic heterocycles. The third-order valence-electron chi connectivity index (χ3n) is 7.55. The minimum atomic E-state index is 0.00694. The topological polar surface area (TPSA) is 9.23 Å². The SMILES string of the molecule is CC=CCCOc1ccc2c(c1)CCC(c1ccc(C3CCC(CC)CC3)cc1F)C2. The second kappa shape index (κ2) is 10.5. The van der Waals surface area contributed by atoms with E-state index in [0.717, 1.165) is 42.9 Å². The highest BCUT2D eigenvalue weighted by molar-refractivity contribution is 5.40. The van der Waals surface area contributed by atoms with Crippen LogP contribution in [0.2, 0.25) is 0 Å². The molecule has 0 spiro atoms. The van der Waals surface area contributed by atoms with Gasteiger partial charge in [-0.3, -0.25) is 0 Å². The van der Waals surface area contributed by atoms with E-state index in [9.17, 15) is 0 Å². The number of hydrogen-bond donors (Lipinski definition) is 0. The van der Waals surface area contributed by atoms with Crippen molar-refractivity contribution in [3.63, 3.8) is 0 Å². The van der Waals surface area contributed by atoms with E-state index in [-0.39, 0.29) is 11.7 Å². The Balaban J connectivity index is 1.40. The minimum Gasteiger partial charge on any atom is -0.493 e. The molecule has 0 aliphatic heterocycles. The molecule has 2 aliphatic rings. The van der Waals surface area contributed by atoms with Gasteiger partial charge in [-0.15, -0.1) is 0 Å². The van der Waals surface area contributed by atoms with Crippen molar-refractivity contribution in [3.8, 4) is 5.75 Å². The Kier molecular flexibility index (Phi) is 7.48. The zero-order valence-corrected chi connectivity index (χ0v) is 19.2. The van der Waals surface area contributed by atoms with Gasteiger partial charge in [-0.25, -0.2) is 4.39 Å². The maximum absolute atomic E-state index is 15.1. The van der Waals surface area contributed by atoms with E-state index in [1.165, 1.54) is 48.8 Å². The molecule has 2 aromatic rings. The first-order valence-corrected chi connectivity index (χ1v) is 12.3. The zero-order valence-electron chi connectivity index (χ0n) is 19.2. The second-order valence-corrected chi connectivity index (χ2v) is 9.48. The molecule has 1 nitrogen and oxygen atoms in total. The molecule has 0 heterocycles. The van der Waals surface area contributed by atoms with Crippen LogP contribution in [0.1, 0.15) is 92.9 Å². The monoisotopic (exact) mass is 420 g/mol. The number of rotatable bonds is 7. The van der Waals surface area contributed by atoms with E-state index >= 15 is 4.39 Å². The number of hydrogen-bond acceptors (Lipinski definition) is 1. The number of ether oxygens (including phenoxy) is 1. The predicted molar refractivity (Wildman–Crippen MR) is 128 cm³/mol. The largest absolute Gasteiger partial charge is 0.493 e. The van der Waals surface area contributed by atoms with Crippen LogP contribution in [0, 0.1) is 11.7 Å². The van der Waals surface area contributed by atoms with Crippen molar-refractivity contribution in [2.75, 3.05) is 6.61 Å². The number of allylic oxidation sites excluding steroid dienone is 1. The standard InChI is InChI=1S/C29H37FO/c1-3-5-6-17-31-27-15-13-23-18-26(12-11-24(23)19-27)28-16-14-25(20-29(28)30)22-9-7-21(4-2)8-10-22/h3,5,13-16,19-22,26H,4,6-12,17-18H2,1-2H3. The summed E-state index contributed by atoms with van der Waals surface area (Å²) < 4.78 is 21.0. The van der Waals surface area contributed by atoms with Crippen molar-refractivity contribution < 1.29 is 9.13 Å². The lowest BCUT2D eigenvalue weighted by molar-refractivity contribution is 0.318. The summed E-state index contributed by atoms with van der Waals surface area (Å²) in [6.45, 7) is 5.04. The maximum Gasteiger partial charge on any atom is 0.126 e. The molecular formula is C29H37FO. The van der Waals surface area contributed by atoms with Gasteiger partial charge in [-0.1, -0.05) is 43.7 Å². The van der Waals surface area contributed by atoms with Gasteiger partial charge in [-0.2, -0.15) is 0 Å². The van der Waals surface area contributed by atoms with Crippen molar-refractivity contribution in [1.82, 2.24) is 0 Å². The minimum absolute atomic E-state index is 0.00694. The maximum atomic E-state index is 15.1. The lowest BCUT2D eigenvalue weighted by Crippen LogP contribution is -2.15. The third-order valence-corrected chi connectivity index (χ3v) is 7.55. The van der Waals surface area contributed by atoms with Crippen molar-refractivity contribution in [2.45, 2.75) is 83.5 Å². The molecule has 1 fully saturated rings. The fraction of sp³-hybridized carbons (Fsp3) is 0.517. The molecule has 2 aliphatic carbocycles. The molecule has 0 amide bonds. The van der Waals surface area contributed by atoms with Crippen molar-refractivity contribution in [1.29, 1.82) is 0 Å². The number of fused-ring (bicyclic) bond motifs is 1. The summed E-state index contributed by atoms with van der Waals surface area (Å²) in [7, 11) is 0. The average molecular weight is 421 g/mol. The Morgan fingerprint density at radius 2 is 1.81 bits per heavy atom. The van der Waals surface area contributed by atoms with E-state index < -0.39 is 0 Å². The second-order valence-electron chi connectivity index (χ2n) is 9.48. The van der Waals surface area contributed by atoms with Gasteiger partial charge in [-0.05, 0) is 116 Å². The molecule has 2 aromatic carbocycles. The van der Waals surface area contributed by atoms with Crippen molar-refractivity contribution in [2.24, 2.45) is 5.92 Å². The number of halogens is 1. The normalized spacial score (nSPS) is 23.6.